The van der Waals surface area contributed by atoms with E-state index >= 15 is 0 Å². The smallest absolute Gasteiger partial charge is 0.262 e. The maximum absolute atomic E-state index is 12.1. The van der Waals surface area contributed by atoms with E-state index in [1.54, 1.807) is 13.2 Å². The van der Waals surface area contributed by atoms with E-state index < -0.39 is 0 Å². The summed E-state index contributed by atoms with van der Waals surface area (Å²) in [5.74, 6) is -0.376. The Bertz CT molecular complexity index is 649. The molecule has 0 aromatic carbocycles. The summed E-state index contributed by atoms with van der Waals surface area (Å²) >= 11 is 0. The number of carbonyl (C=O) groups is 1. The summed E-state index contributed by atoms with van der Waals surface area (Å²) in [6, 6.07) is 3.98. The lowest BCUT2D eigenvalue weighted by Crippen LogP contribution is -2.27. The molecule has 0 unspecified atom stereocenters. The van der Waals surface area contributed by atoms with Crippen molar-refractivity contribution in [1.29, 1.82) is 5.26 Å². The third-order valence-corrected chi connectivity index (χ3v) is 4.28. The Kier molecular flexibility index (Phi) is 6.59. The summed E-state index contributed by atoms with van der Waals surface area (Å²) in [7, 11) is 1.57. The highest BCUT2D eigenvalue weighted by atomic mass is 16.5. The molecule has 1 fully saturated rings. The number of aryl methyl sites for hydroxylation is 1. The summed E-state index contributed by atoms with van der Waals surface area (Å²) < 4.78 is 12.8. The standard InChI is InChI=1S/C18H25N3O3/c1-13-9-15(10-16(11-19)18(22)20-6-8-23-3)14(2)21(13)12-17-5-4-7-24-17/h9-10,17H,4-8,12H2,1-3H3,(H,20,22)/b16-10+/t17-/m1/s1. The molecule has 6 heteroatoms. The number of carbonyl (C=O) groups excluding carboxylic acids is 1. The monoisotopic (exact) mass is 331 g/mol. The second-order valence-electron chi connectivity index (χ2n) is 5.99. The molecular formula is C18H25N3O3. The van der Waals surface area contributed by atoms with Gasteiger partial charge in [-0.15, -0.1) is 0 Å². The fourth-order valence-electron chi connectivity index (χ4n) is 2.91. The molecule has 130 valence electrons. The van der Waals surface area contributed by atoms with Crippen LogP contribution >= 0.6 is 0 Å². The average molecular weight is 331 g/mol. The molecule has 1 aliphatic rings. The lowest BCUT2D eigenvalue weighted by molar-refractivity contribution is -0.117. The summed E-state index contributed by atoms with van der Waals surface area (Å²) in [5.41, 5.74) is 3.14. The van der Waals surface area contributed by atoms with Gasteiger partial charge in [-0.25, -0.2) is 0 Å². The number of nitrogens with one attached hydrogen (secondary N) is 1. The van der Waals surface area contributed by atoms with Crippen LogP contribution < -0.4 is 5.32 Å². The summed E-state index contributed by atoms with van der Waals surface area (Å²) in [6.45, 7) is 6.48. The maximum Gasteiger partial charge on any atom is 0.262 e. The van der Waals surface area contributed by atoms with E-state index in [1.165, 1.54) is 0 Å². The number of hydrogen-bond acceptors (Lipinski definition) is 4. The maximum atomic E-state index is 12.1. The lowest BCUT2D eigenvalue weighted by Gasteiger charge is -2.14. The van der Waals surface area contributed by atoms with E-state index in [9.17, 15) is 10.1 Å². The molecule has 2 rings (SSSR count). The SMILES string of the molecule is COCCNC(=O)/C(C#N)=C/c1cc(C)n(C[C@H]2CCCO2)c1C. The third-order valence-electron chi connectivity index (χ3n) is 4.28. The van der Waals surface area contributed by atoms with Gasteiger partial charge in [0.15, 0.2) is 0 Å². The third kappa shape index (κ3) is 4.47. The number of amides is 1. The van der Waals surface area contributed by atoms with Crippen LogP contribution in [0.25, 0.3) is 6.08 Å². The van der Waals surface area contributed by atoms with Gasteiger partial charge in [-0.1, -0.05) is 0 Å². The number of ether oxygens (including phenoxy) is 2. The highest BCUT2D eigenvalue weighted by molar-refractivity contribution is 6.01. The highest BCUT2D eigenvalue weighted by Gasteiger charge is 2.19. The van der Waals surface area contributed by atoms with E-state index in [0.29, 0.717) is 13.2 Å². The minimum Gasteiger partial charge on any atom is -0.383 e. The molecule has 1 N–H and O–H groups in total. The number of nitrogens with zero attached hydrogens (tertiary/aromatic N) is 2. The molecule has 0 spiro atoms. The largest absolute Gasteiger partial charge is 0.383 e. The van der Waals surface area contributed by atoms with Gasteiger partial charge in [-0.3, -0.25) is 4.79 Å². The molecule has 2 heterocycles. The van der Waals surface area contributed by atoms with Crippen LogP contribution in [0.15, 0.2) is 11.6 Å². The first-order valence-corrected chi connectivity index (χ1v) is 8.24. The zero-order chi connectivity index (χ0) is 17.5. The number of hydrogen-bond donors (Lipinski definition) is 1. The first-order valence-electron chi connectivity index (χ1n) is 8.24. The predicted molar refractivity (Wildman–Crippen MR) is 91.4 cm³/mol. The first kappa shape index (κ1) is 18.2. The lowest BCUT2D eigenvalue weighted by atomic mass is 10.1. The molecule has 1 saturated heterocycles. The van der Waals surface area contributed by atoms with Crippen LogP contribution in [0.4, 0.5) is 0 Å². The van der Waals surface area contributed by atoms with Gasteiger partial charge in [0.2, 0.25) is 0 Å². The molecule has 0 bridgehead atoms. The summed E-state index contributed by atoms with van der Waals surface area (Å²) in [6.07, 6.45) is 4.08. The highest BCUT2D eigenvalue weighted by Crippen LogP contribution is 2.22. The van der Waals surface area contributed by atoms with Gasteiger partial charge < -0.3 is 19.4 Å². The minimum atomic E-state index is -0.376. The van der Waals surface area contributed by atoms with E-state index in [-0.39, 0.29) is 17.6 Å². The molecule has 0 aliphatic carbocycles. The second kappa shape index (κ2) is 8.67. The van der Waals surface area contributed by atoms with Crippen LogP contribution in [-0.4, -0.2) is 43.4 Å². The molecule has 1 atom stereocenters. The molecule has 0 radical (unpaired) electrons. The number of methoxy groups -OCH3 is 1. The predicted octanol–water partition coefficient (Wildman–Crippen LogP) is 1.95. The van der Waals surface area contributed by atoms with E-state index in [4.69, 9.17) is 9.47 Å². The van der Waals surface area contributed by atoms with Crippen molar-refractivity contribution in [2.45, 2.75) is 39.3 Å². The van der Waals surface area contributed by atoms with Crippen molar-refractivity contribution in [3.8, 4) is 6.07 Å². The molecule has 1 aromatic heterocycles. The Morgan fingerprint density at radius 2 is 2.38 bits per heavy atom. The van der Waals surface area contributed by atoms with Crippen LogP contribution in [0.1, 0.15) is 29.8 Å². The van der Waals surface area contributed by atoms with Gasteiger partial charge in [0.1, 0.15) is 11.6 Å². The molecule has 1 amide bonds. The van der Waals surface area contributed by atoms with Gasteiger partial charge in [0.25, 0.3) is 5.91 Å². The van der Waals surface area contributed by atoms with Gasteiger partial charge in [-0.2, -0.15) is 5.26 Å². The van der Waals surface area contributed by atoms with Crippen LogP contribution in [0.2, 0.25) is 0 Å². The number of rotatable bonds is 7. The van der Waals surface area contributed by atoms with Crippen molar-refractivity contribution in [3.05, 3.63) is 28.6 Å². The molecule has 6 nitrogen and oxygen atoms in total. The normalized spacial score (nSPS) is 17.8. The van der Waals surface area contributed by atoms with Crippen LogP contribution in [-0.2, 0) is 20.8 Å². The van der Waals surface area contributed by atoms with Crippen molar-refractivity contribution >= 4 is 12.0 Å². The Labute approximate surface area is 143 Å². The van der Waals surface area contributed by atoms with Gasteiger partial charge in [-0.05, 0) is 44.4 Å². The van der Waals surface area contributed by atoms with Gasteiger partial charge in [0, 0.05) is 38.2 Å². The van der Waals surface area contributed by atoms with Crippen molar-refractivity contribution < 1.29 is 14.3 Å². The fraction of sp³-hybridized carbons (Fsp3) is 0.556. The number of nitriles is 1. The fourth-order valence-corrected chi connectivity index (χ4v) is 2.91. The number of aromatic nitrogens is 1. The molecular weight excluding hydrogens is 306 g/mol. The Morgan fingerprint density at radius 3 is 3.00 bits per heavy atom. The zero-order valence-electron chi connectivity index (χ0n) is 14.6. The minimum absolute atomic E-state index is 0.100. The van der Waals surface area contributed by atoms with Gasteiger partial charge in [0.05, 0.1) is 12.7 Å². The molecule has 1 aromatic rings. The first-order chi connectivity index (χ1) is 11.6. The zero-order valence-corrected chi connectivity index (χ0v) is 14.6. The Balaban J connectivity index is 2.15. The van der Waals surface area contributed by atoms with Gasteiger partial charge >= 0.3 is 0 Å². The second-order valence-corrected chi connectivity index (χ2v) is 5.99. The van der Waals surface area contributed by atoms with Crippen molar-refractivity contribution in [3.63, 3.8) is 0 Å². The summed E-state index contributed by atoms with van der Waals surface area (Å²) in [4.78, 5) is 12.1. The molecule has 0 saturated carbocycles. The van der Waals surface area contributed by atoms with E-state index in [0.717, 1.165) is 42.9 Å². The van der Waals surface area contributed by atoms with Crippen LogP contribution in [0.3, 0.4) is 0 Å². The topological polar surface area (TPSA) is 76.3 Å². The Hall–Kier alpha value is -2.10. The van der Waals surface area contributed by atoms with Crippen molar-refractivity contribution in [2.24, 2.45) is 0 Å². The van der Waals surface area contributed by atoms with Crippen molar-refractivity contribution in [1.82, 2.24) is 9.88 Å². The molecule has 1 aliphatic heterocycles. The van der Waals surface area contributed by atoms with Crippen LogP contribution in [0, 0.1) is 25.2 Å². The quantitative estimate of drug-likeness (QED) is 0.471. The summed E-state index contributed by atoms with van der Waals surface area (Å²) in [5, 5.41) is 11.9. The van der Waals surface area contributed by atoms with Crippen molar-refractivity contribution in [2.75, 3.05) is 26.9 Å². The Morgan fingerprint density at radius 1 is 1.58 bits per heavy atom. The van der Waals surface area contributed by atoms with Crippen LogP contribution in [0.5, 0.6) is 0 Å². The van der Waals surface area contributed by atoms with E-state index in [2.05, 4.69) is 9.88 Å². The van der Waals surface area contributed by atoms with E-state index in [1.807, 2.05) is 26.0 Å². The average Bonchev–Trinajstić information content (AvgIpc) is 3.16. The molecule has 24 heavy (non-hydrogen) atoms.